The van der Waals surface area contributed by atoms with Crippen LogP contribution in [0.25, 0.3) is 0 Å². The lowest BCUT2D eigenvalue weighted by molar-refractivity contribution is 0.0942. The number of carbonyl (C=O) groups excluding carboxylic acids is 1. The molecule has 0 bridgehead atoms. The lowest BCUT2D eigenvalue weighted by Gasteiger charge is -2.07. The van der Waals surface area contributed by atoms with Crippen LogP contribution >= 0.6 is 0 Å². The SMILES string of the molecule is CCn1nc(C)cc1C(=O)NCCCC(C)N. The fourth-order valence-corrected chi connectivity index (χ4v) is 1.69. The van der Waals surface area contributed by atoms with E-state index in [0.717, 1.165) is 18.5 Å². The lowest BCUT2D eigenvalue weighted by Crippen LogP contribution is -2.28. The van der Waals surface area contributed by atoms with E-state index >= 15 is 0 Å². The number of carbonyl (C=O) groups is 1. The van der Waals surface area contributed by atoms with Crippen LogP contribution in [0, 0.1) is 6.92 Å². The summed E-state index contributed by atoms with van der Waals surface area (Å²) in [6.07, 6.45) is 1.83. The van der Waals surface area contributed by atoms with Gasteiger partial charge in [0.25, 0.3) is 5.91 Å². The molecule has 1 unspecified atom stereocenters. The summed E-state index contributed by atoms with van der Waals surface area (Å²) in [5, 5.41) is 7.13. The number of hydrogen-bond donors (Lipinski definition) is 2. The van der Waals surface area contributed by atoms with Gasteiger partial charge in [-0.15, -0.1) is 0 Å². The molecule has 0 aliphatic carbocycles. The fraction of sp³-hybridized carbons (Fsp3) is 0.667. The maximum atomic E-state index is 11.9. The van der Waals surface area contributed by atoms with E-state index in [-0.39, 0.29) is 11.9 Å². The van der Waals surface area contributed by atoms with Crippen LogP contribution in [0.15, 0.2) is 6.07 Å². The van der Waals surface area contributed by atoms with Crippen molar-refractivity contribution in [3.8, 4) is 0 Å². The first-order valence-electron chi connectivity index (χ1n) is 6.12. The second-order valence-electron chi connectivity index (χ2n) is 4.36. The van der Waals surface area contributed by atoms with Gasteiger partial charge >= 0.3 is 0 Å². The average molecular weight is 238 g/mol. The summed E-state index contributed by atoms with van der Waals surface area (Å²) in [5.74, 6) is -0.0582. The number of nitrogens with zero attached hydrogens (tertiary/aromatic N) is 2. The van der Waals surface area contributed by atoms with Crippen molar-refractivity contribution in [3.05, 3.63) is 17.5 Å². The Hall–Kier alpha value is -1.36. The molecule has 0 spiro atoms. The summed E-state index contributed by atoms with van der Waals surface area (Å²) < 4.78 is 1.72. The smallest absolute Gasteiger partial charge is 0.269 e. The summed E-state index contributed by atoms with van der Waals surface area (Å²) in [6, 6.07) is 2.00. The molecule has 0 radical (unpaired) electrons. The summed E-state index contributed by atoms with van der Waals surface area (Å²) in [4.78, 5) is 11.9. The van der Waals surface area contributed by atoms with E-state index < -0.39 is 0 Å². The number of nitrogens with two attached hydrogens (primary N) is 1. The normalized spacial score (nSPS) is 12.5. The van der Waals surface area contributed by atoms with Gasteiger partial charge in [-0.3, -0.25) is 9.48 Å². The minimum absolute atomic E-state index is 0.0582. The fourth-order valence-electron chi connectivity index (χ4n) is 1.69. The Morgan fingerprint density at radius 1 is 1.65 bits per heavy atom. The van der Waals surface area contributed by atoms with Crippen molar-refractivity contribution >= 4 is 5.91 Å². The first-order valence-corrected chi connectivity index (χ1v) is 6.12. The summed E-state index contributed by atoms with van der Waals surface area (Å²) >= 11 is 0. The van der Waals surface area contributed by atoms with Crippen LogP contribution in [0.4, 0.5) is 0 Å². The van der Waals surface area contributed by atoms with Crippen LogP contribution < -0.4 is 11.1 Å². The molecule has 0 aromatic carbocycles. The predicted molar refractivity (Wildman–Crippen MR) is 67.9 cm³/mol. The highest BCUT2D eigenvalue weighted by molar-refractivity contribution is 5.92. The largest absolute Gasteiger partial charge is 0.351 e. The third-order valence-corrected chi connectivity index (χ3v) is 2.56. The zero-order valence-electron chi connectivity index (χ0n) is 10.9. The van der Waals surface area contributed by atoms with Gasteiger partial charge in [-0.05, 0) is 39.7 Å². The Balaban J connectivity index is 2.46. The van der Waals surface area contributed by atoms with Crippen molar-refractivity contribution < 1.29 is 4.79 Å². The molecule has 1 amide bonds. The third-order valence-electron chi connectivity index (χ3n) is 2.56. The molecule has 1 aromatic heterocycles. The van der Waals surface area contributed by atoms with E-state index in [1.54, 1.807) is 4.68 Å². The van der Waals surface area contributed by atoms with Gasteiger partial charge in [0.15, 0.2) is 0 Å². The van der Waals surface area contributed by atoms with E-state index in [9.17, 15) is 4.79 Å². The molecule has 0 aliphatic heterocycles. The van der Waals surface area contributed by atoms with Crippen molar-refractivity contribution in [1.29, 1.82) is 0 Å². The average Bonchev–Trinajstić information content (AvgIpc) is 2.65. The molecule has 5 heteroatoms. The van der Waals surface area contributed by atoms with Gasteiger partial charge in [0, 0.05) is 19.1 Å². The van der Waals surface area contributed by atoms with Crippen LogP contribution in [0.1, 0.15) is 42.9 Å². The maximum absolute atomic E-state index is 11.9. The number of aryl methyl sites for hydroxylation is 2. The Morgan fingerprint density at radius 2 is 2.35 bits per heavy atom. The summed E-state index contributed by atoms with van der Waals surface area (Å²) in [6.45, 7) is 7.19. The van der Waals surface area contributed by atoms with E-state index in [4.69, 9.17) is 5.73 Å². The minimum Gasteiger partial charge on any atom is -0.351 e. The van der Waals surface area contributed by atoms with Crippen LogP contribution in [-0.4, -0.2) is 28.3 Å². The first-order chi connectivity index (χ1) is 8.04. The van der Waals surface area contributed by atoms with Crippen molar-refractivity contribution in [2.45, 2.75) is 46.2 Å². The number of nitrogens with one attached hydrogen (secondary N) is 1. The van der Waals surface area contributed by atoms with Crippen LogP contribution in [-0.2, 0) is 6.54 Å². The molecule has 0 fully saturated rings. The zero-order chi connectivity index (χ0) is 12.8. The van der Waals surface area contributed by atoms with Crippen LogP contribution in [0.3, 0.4) is 0 Å². The molecule has 5 nitrogen and oxygen atoms in total. The van der Waals surface area contributed by atoms with Crippen molar-refractivity contribution in [2.75, 3.05) is 6.54 Å². The van der Waals surface area contributed by atoms with Gasteiger partial charge in [0.05, 0.1) is 5.69 Å². The van der Waals surface area contributed by atoms with Gasteiger partial charge in [0.1, 0.15) is 5.69 Å². The van der Waals surface area contributed by atoms with Gasteiger partial charge in [-0.1, -0.05) is 0 Å². The van der Waals surface area contributed by atoms with E-state index in [1.165, 1.54) is 0 Å². The van der Waals surface area contributed by atoms with Crippen molar-refractivity contribution in [2.24, 2.45) is 5.73 Å². The number of rotatable bonds is 6. The molecule has 1 heterocycles. The monoisotopic (exact) mass is 238 g/mol. The predicted octanol–water partition coefficient (Wildman–Crippen LogP) is 1.07. The van der Waals surface area contributed by atoms with Gasteiger partial charge in [0.2, 0.25) is 0 Å². The Kier molecular flexibility index (Phi) is 5.15. The van der Waals surface area contributed by atoms with Crippen LogP contribution in [0.5, 0.6) is 0 Å². The van der Waals surface area contributed by atoms with Gasteiger partial charge < -0.3 is 11.1 Å². The molecular formula is C12H22N4O. The quantitative estimate of drug-likeness (QED) is 0.728. The second kappa shape index (κ2) is 6.39. The lowest BCUT2D eigenvalue weighted by atomic mass is 10.2. The highest BCUT2D eigenvalue weighted by Crippen LogP contribution is 2.03. The summed E-state index contributed by atoms with van der Waals surface area (Å²) in [5.41, 5.74) is 7.14. The minimum atomic E-state index is -0.0582. The number of hydrogen-bond acceptors (Lipinski definition) is 3. The highest BCUT2D eigenvalue weighted by Gasteiger charge is 2.12. The molecule has 17 heavy (non-hydrogen) atoms. The topological polar surface area (TPSA) is 72.9 Å². The molecule has 0 saturated carbocycles. The zero-order valence-corrected chi connectivity index (χ0v) is 10.9. The molecule has 1 rings (SSSR count). The molecule has 1 atom stereocenters. The highest BCUT2D eigenvalue weighted by atomic mass is 16.2. The standard InChI is InChI=1S/C12H22N4O/c1-4-16-11(8-10(3)15-16)12(17)14-7-5-6-9(2)13/h8-9H,4-7,13H2,1-3H3,(H,14,17). The van der Waals surface area contributed by atoms with Gasteiger partial charge in [-0.2, -0.15) is 5.10 Å². The molecular weight excluding hydrogens is 216 g/mol. The third kappa shape index (κ3) is 4.19. The Bertz CT molecular complexity index is 371. The van der Waals surface area contributed by atoms with E-state index in [1.807, 2.05) is 26.8 Å². The molecule has 1 aromatic rings. The molecule has 96 valence electrons. The Morgan fingerprint density at radius 3 is 2.94 bits per heavy atom. The van der Waals surface area contributed by atoms with Gasteiger partial charge in [-0.25, -0.2) is 0 Å². The summed E-state index contributed by atoms with van der Waals surface area (Å²) in [7, 11) is 0. The van der Waals surface area contributed by atoms with E-state index in [2.05, 4.69) is 10.4 Å². The number of amides is 1. The molecule has 0 aliphatic rings. The second-order valence-corrected chi connectivity index (χ2v) is 4.36. The number of aromatic nitrogens is 2. The van der Waals surface area contributed by atoms with E-state index in [0.29, 0.717) is 18.8 Å². The van der Waals surface area contributed by atoms with Crippen molar-refractivity contribution in [1.82, 2.24) is 15.1 Å². The molecule has 3 N–H and O–H groups in total. The molecule has 0 saturated heterocycles. The first kappa shape index (κ1) is 13.7. The Labute approximate surface area is 102 Å². The van der Waals surface area contributed by atoms with Crippen LogP contribution in [0.2, 0.25) is 0 Å². The maximum Gasteiger partial charge on any atom is 0.269 e. The van der Waals surface area contributed by atoms with Crippen molar-refractivity contribution in [3.63, 3.8) is 0 Å².